The molecule has 2 aliphatic heterocycles. The molecule has 0 radical (unpaired) electrons. The van der Waals surface area contributed by atoms with Gasteiger partial charge in [0, 0.05) is 37.9 Å². The second kappa shape index (κ2) is 11.8. The van der Waals surface area contributed by atoms with Gasteiger partial charge in [0.2, 0.25) is 0 Å². The van der Waals surface area contributed by atoms with Gasteiger partial charge in [0.1, 0.15) is 11.4 Å². The van der Waals surface area contributed by atoms with Crippen molar-refractivity contribution in [3.05, 3.63) is 58.4 Å². The SMILES string of the molecule is CCNCCCOc1ccc(C2CCCC3CN(C(=O)c4ccc(C(F)(F)F)nc4)CCN32)c(C)c1C. The van der Waals surface area contributed by atoms with E-state index in [1.807, 2.05) is 0 Å². The van der Waals surface area contributed by atoms with E-state index in [0.29, 0.717) is 19.7 Å². The van der Waals surface area contributed by atoms with E-state index < -0.39 is 11.9 Å². The van der Waals surface area contributed by atoms with Crippen molar-refractivity contribution in [2.24, 2.45) is 0 Å². The molecule has 4 rings (SSSR count). The third-order valence-corrected chi connectivity index (χ3v) is 7.68. The van der Waals surface area contributed by atoms with Crippen molar-refractivity contribution in [1.29, 1.82) is 0 Å². The Bertz CT molecular complexity index is 1070. The van der Waals surface area contributed by atoms with E-state index in [0.717, 1.165) is 63.3 Å². The van der Waals surface area contributed by atoms with E-state index in [1.54, 1.807) is 4.90 Å². The van der Waals surface area contributed by atoms with E-state index in [-0.39, 0.29) is 23.6 Å². The van der Waals surface area contributed by atoms with Gasteiger partial charge in [0.05, 0.1) is 12.2 Å². The first-order valence-corrected chi connectivity index (χ1v) is 13.2. The minimum Gasteiger partial charge on any atom is -0.493 e. The molecule has 1 amide bonds. The number of piperazine rings is 1. The van der Waals surface area contributed by atoms with Crippen molar-refractivity contribution < 1.29 is 22.7 Å². The zero-order chi connectivity index (χ0) is 26.6. The Labute approximate surface area is 217 Å². The van der Waals surface area contributed by atoms with Crippen LogP contribution in [0.2, 0.25) is 0 Å². The number of rotatable bonds is 8. The molecule has 2 aliphatic rings. The Kier molecular flexibility index (Phi) is 8.75. The highest BCUT2D eigenvalue weighted by Crippen LogP contribution is 2.39. The predicted octanol–water partition coefficient (Wildman–Crippen LogP) is 5.15. The average Bonchev–Trinajstić information content (AvgIpc) is 2.89. The van der Waals surface area contributed by atoms with Crippen molar-refractivity contribution in [2.75, 3.05) is 39.3 Å². The van der Waals surface area contributed by atoms with Gasteiger partial charge in [-0.25, -0.2) is 0 Å². The van der Waals surface area contributed by atoms with Gasteiger partial charge >= 0.3 is 6.18 Å². The van der Waals surface area contributed by atoms with Crippen LogP contribution in [0.4, 0.5) is 13.2 Å². The molecule has 2 saturated heterocycles. The van der Waals surface area contributed by atoms with Crippen molar-refractivity contribution in [1.82, 2.24) is 20.1 Å². The zero-order valence-corrected chi connectivity index (χ0v) is 21.9. The average molecular weight is 519 g/mol. The molecule has 2 aromatic rings. The van der Waals surface area contributed by atoms with Crippen LogP contribution in [0.15, 0.2) is 30.5 Å². The zero-order valence-electron chi connectivity index (χ0n) is 21.9. The van der Waals surface area contributed by atoms with Crippen molar-refractivity contribution in [2.45, 2.75) is 64.7 Å². The molecule has 0 spiro atoms. The quantitative estimate of drug-likeness (QED) is 0.490. The van der Waals surface area contributed by atoms with Crippen LogP contribution in [0, 0.1) is 13.8 Å². The maximum Gasteiger partial charge on any atom is 0.433 e. The molecular weight excluding hydrogens is 481 g/mol. The second-order valence-electron chi connectivity index (χ2n) is 9.98. The summed E-state index contributed by atoms with van der Waals surface area (Å²) >= 11 is 0. The molecule has 0 saturated carbocycles. The third-order valence-electron chi connectivity index (χ3n) is 7.68. The van der Waals surface area contributed by atoms with Crippen LogP contribution in [-0.2, 0) is 6.18 Å². The lowest BCUT2D eigenvalue weighted by Gasteiger charge is -2.48. The van der Waals surface area contributed by atoms with Crippen LogP contribution >= 0.6 is 0 Å². The van der Waals surface area contributed by atoms with E-state index in [1.165, 1.54) is 22.8 Å². The minimum absolute atomic E-state index is 0.196. The van der Waals surface area contributed by atoms with E-state index in [2.05, 4.69) is 48.1 Å². The summed E-state index contributed by atoms with van der Waals surface area (Å²) in [4.78, 5) is 20.8. The summed E-state index contributed by atoms with van der Waals surface area (Å²) in [6.07, 6.45) is 0.613. The maximum absolute atomic E-state index is 13.0. The Balaban J connectivity index is 1.41. The van der Waals surface area contributed by atoms with Gasteiger partial charge in [-0.3, -0.25) is 14.7 Å². The Hall–Kier alpha value is -2.65. The highest BCUT2D eigenvalue weighted by molar-refractivity contribution is 5.94. The smallest absolute Gasteiger partial charge is 0.433 e. The molecule has 1 aromatic heterocycles. The summed E-state index contributed by atoms with van der Waals surface area (Å²) in [5.41, 5.74) is 2.95. The minimum atomic E-state index is -4.52. The number of nitrogens with zero attached hydrogens (tertiary/aromatic N) is 3. The van der Waals surface area contributed by atoms with Gasteiger partial charge in [-0.05, 0) is 87.5 Å². The lowest BCUT2D eigenvalue weighted by atomic mass is 9.86. The topological polar surface area (TPSA) is 57.7 Å². The number of alkyl halides is 3. The molecule has 2 unspecified atom stereocenters. The van der Waals surface area contributed by atoms with Crippen molar-refractivity contribution in [3.8, 4) is 5.75 Å². The summed E-state index contributed by atoms with van der Waals surface area (Å²) in [7, 11) is 0. The molecule has 2 atom stereocenters. The van der Waals surface area contributed by atoms with Gasteiger partial charge in [-0.2, -0.15) is 13.2 Å². The molecule has 37 heavy (non-hydrogen) atoms. The number of benzene rings is 1. The fourth-order valence-electron chi connectivity index (χ4n) is 5.53. The van der Waals surface area contributed by atoms with Crippen LogP contribution in [0.1, 0.15) is 71.4 Å². The molecule has 1 aromatic carbocycles. The number of piperidine rings is 1. The van der Waals surface area contributed by atoms with E-state index in [4.69, 9.17) is 4.74 Å². The van der Waals surface area contributed by atoms with Crippen molar-refractivity contribution in [3.63, 3.8) is 0 Å². The third kappa shape index (κ3) is 6.26. The standard InChI is InChI=1S/C28H37F3N4O2/c1-4-32-13-6-16-37-25-11-10-23(19(2)20(25)3)24-8-5-7-22-18-34(14-15-35(22)24)27(36)21-9-12-26(33-17-21)28(29,30)31/h9-12,17,22,24,32H,4-8,13-16,18H2,1-3H3. The molecular formula is C28H37F3N4O2. The molecule has 2 fully saturated rings. The van der Waals surface area contributed by atoms with E-state index in [9.17, 15) is 18.0 Å². The second-order valence-corrected chi connectivity index (χ2v) is 9.98. The number of pyridine rings is 1. The molecule has 0 aliphatic carbocycles. The van der Waals surface area contributed by atoms with Crippen LogP contribution in [0.25, 0.3) is 0 Å². The lowest BCUT2D eigenvalue weighted by Crippen LogP contribution is -2.57. The summed E-state index contributed by atoms with van der Waals surface area (Å²) < 4.78 is 44.6. The largest absolute Gasteiger partial charge is 0.493 e. The first-order chi connectivity index (χ1) is 17.7. The highest BCUT2D eigenvalue weighted by atomic mass is 19.4. The highest BCUT2D eigenvalue weighted by Gasteiger charge is 2.38. The predicted molar refractivity (Wildman–Crippen MR) is 137 cm³/mol. The van der Waals surface area contributed by atoms with E-state index >= 15 is 0 Å². The Morgan fingerprint density at radius 1 is 1.14 bits per heavy atom. The number of carbonyl (C=O) groups is 1. The molecule has 6 nitrogen and oxygen atoms in total. The Morgan fingerprint density at radius 2 is 1.95 bits per heavy atom. The molecule has 0 bridgehead atoms. The maximum atomic E-state index is 13.0. The fourth-order valence-corrected chi connectivity index (χ4v) is 5.53. The van der Waals surface area contributed by atoms with Crippen LogP contribution in [0.5, 0.6) is 5.75 Å². The lowest BCUT2D eigenvalue weighted by molar-refractivity contribution is -0.141. The number of halogens is 3. The van der Waals surface area contributed by atoms with Gasteiger partial charge in [0.25, 0.3) is 5.91 Å². The summed E-state index contributed by atoms with van der Waals surface area (Å²) in [5.74, 6) is 0.677. The Morgan fingerprint density at radius 3 is 2.65 bits per heavy atom. The van der Waals surface area contributed by atoms with Gasteiger partial charge in [-0.15, -0.1) is 0 Å². The van der Waals surface area contributed by atoms with Crippen molar-refractivity contribution >= 4 is 5.91 Å². The summed E-state index contributed by atoms with van der Waals surface area (Å²) in [6.45, 7) is 10.8. The number of amides is 1. The number of carbonyl (C=O) groups excluding carboxylic acids is 1. The number of ether oxygens (including phenoxy) is 1. The van der Waals surface area contributed by atoms with Crippen LogP contribution in [0.3, 0.4) is 0 Å². The molecule has 3 heterocycles. The molecule has 9 heteroatoms. The number of aromatic nitrogens is 1. The number of nitrogens with one attached hydrogen (secondary N) is 1. The fraction of sp³-hybridized carbons (Fsp3) is 0.571. The van der Waals surface area contributed by atoms with Crippen LogP contribution in [-0.4, -0.2) is 66.1 Å². The normalized spacial score (nSPS) is 20.5. The number of hydrogen-bond acceptors (Lipinski definition) is 5. The van der Waals surface area contributed by atoms with Gasteiger partial charge in [-0.1, -0.05) is 13.0 Å². The van der Waals surface area contributed by atoms with Crippen LogP contribution < -0.4 is 10.1 Å². The summed E-state index contributed by atoms with van der Waals surface area (Å²) in [5, 5.41) is 3.31. The molecule has 1 N–H and O–H groups in total. The first kappa shape index (κ1) is 27.4. The summed E-state index contributed by atoms with van der Waals surface area (Å²) in [6, 6.07) is 6.89. The molecule has 202 valence electrons. The first-order valence-electron chi connectivity index (χ1n) is 13.2. The number of fused-ring (bicyclic) bond motifs is 1. The van der Waals surface area contributed by atoms with Gasteiger partial charge < -0.3 is 15.0 Å². The monoisotopic (exact) mass is 518 g/mol. The number of hydrogen-bond donors (Lipinski definition) is 1. The van der Waals surface area contributed by atoms with Gasteiger partial charge in [0.15, 0.2) is 0 Å².